The van der Waals surface area contributed by atoms with Crippen molar-refractivity contribution in [2.24, 2.45) is 0 Å². The lowest BCUT2D eigenvalue weighted by atomic mass is 10.1. The molecule has 148 valence electrons. The lowest BCUT2D eigenvalue weighted by molar-refractivity contribution is -0.385. The van der Waals surface area contributed by atoms with Gasteiger partial charge in [-0.05, 0) is 24.6 Å². The van der Waals surface area contributed by atoms with Crippen molar-refractivity contribution in [2.75, 3.05) is 11.7 Å². The van der Waals surface area contributed by atoms with E-state index in [0.717, 1.165) is 12.1 Å². The number of carbonyl (C=O) groups is 2. The summed E-state index contributed by atoms with van der Waals surface area (Å²) in [7, 11) is 0. The van der Waals surface area contributed by atoms with E-state index in [1.54, 1.807) is 0 Å². The normalized spacial score (nSPS) is 10.4. The first-order chi connectivity index (χ1) is 13.3. The Labute approximate surface area is 157 Å². The molecule has 2 rings (SSSR count). The fraction of sp³-hybridized carbons (Fsp3) is 0.222. The van der Waals surface area contributed by atoms with Crippen molar-refractivity contribution < 1.29 is 32.5 Å². The van der Waals surface area contributed by atoms with Gasteiger partial charge in [-0.25, -0.2) is 8.78 Å². The molecule has 10 heteroatoms. The number of ether oxygens (including phenoxy) is 1. The smallest absolute Gasteiger partial charge is 0.310 e. The molecule has 0 aliphatic carbocycles. The number of benzene rings is 2. The highest BCUT2D eigenvalue weighted by atomic mass is 19.2. The number of esters is 1. The van der Waals surface area contributed by atoms with Crippen LogP contribution in [0.25, 0.3) is 0 Å². The summed E-state index contributed by atoms with van der Waals surface area (Å²) in [6, 6.07) is 6.64. The Balaban J connectivity index is 2.36. The van der Waals surface area contributed by atoms with Gasteiger partial charge in [-0.2, -0.15) is 0 Å². The molecule has 0 N–H and O–H groups in total. The second-order valence-corrected chi connectivity index (χ2v) is 5.58. The maximum Gasteiger partial charge on any atom is 0.310 e. The predicted molar refractivity (Wildman–Crippen MR) is 92.1 cm³/mol. The molecular formula is C18H15F3N2O5. The second kappa shape index (κ2) is 8.98. The van der Waals surface area contributed by atoms with Crippen molar-refractivity contribution in [2.45, 2.75) is 19.8 Å². The van der Waals surface area contributed by atoms with Gasteiger partial charge >= 0.3 is 5.97 Å². The molecule has 0 atom stereocenters. The van der Waals surface area contributed by atoms with Gasteiger partial charge in [0.15, 0.2) is 5.82 Å². The first kappa shape index (κ1) is 20.9. The zero-order valence-corrected chi connectivity index (χ0v) is 14.7. The van der Waals surface area contributed by atoms with Crippen molar-refractivity contribution in [3.8, 4) is 0 Å². The van der Waals surface area contributed by atoms with Crippen LogP contribution < -0.4 is 5.12 Å². The number of rotatable bonds is 7. The highest BCUT2D eigenvalue weighted by Gasteiger charge is 2.28. The number of anilines is 1. The number of nitrogens with zero attached hydrogens (tertiary/aromatic N) is 2. The lowest BCUT2D eigenvalue weighted by Gasteiger charge is -2.15. The van der Waals surface area contributed by atoms with Crippen LogP contribution in [0.3, 0.4) is 0 Å². The van der Waals surface area contributed by atoms with Crippen molar-refractivity contribution in [3.63, 3.8) is 0 Å². The molecule has 2 aromatic carbocycles. The highest BCUT2D eigenvalue weighted by Crippen LogP contribution is 2.31. The lowest BCUT2D eigenvalue weighted by Crippen LogP contribution is -2.26. The molecule has 7 nitrogen and oxygen atoms in total. The van der Waals surface area contributed by atoms with Gasteiger partial charge in [0.2, 0.25) is 0 Å². The van der Waals surface area contributed by atoms with Gasteiger partial charge < -0.3 is 4.74 Å². The Morgan fingerprint density at radius 3 is 2.43 bits per heavy atom. The number of amides is 1. The SMILES string of the molecule is CCOC(=O)Cc1c([N+](=O)[O-])ccc(N(F)C(=O)Cc2ccccc2F)c1F. The molecule has 0 saturated carbocycles. The first-order valence-corrected chi connectivity index (χ1v) is 8.09. The summed E-state index contributed by atoms with van der Waals surface area (Å²) in [6.45, 7) is 1.45. The van der Waals surface area contributed by atoms with Gasteiger partial charge in [-0.1, -0.05) is 22.7 Å². The minimum absolute atomic E-state index is 0.0374. The van der Waals surface area contributed by atoms with E-state index in [9.17, 15) is 33.0 Å². The van der Waals surface area contributed by atoms with E-state index < -0.39 is 63.3 Å². The Morgan fingerprint density at radius 1 is 1.14 bits per heavy atom. The second-order valence-electron chi connectivity index (χ2n) is 5.58. The summed E-state index contributed by atoms with van der Waals surface area (Å²) in [5.74, 6) is -4.44. The highest BCUT2D eigenvalue weighted by molar-refractivity contribution is 5.93. The third-order valence-electron chi connectivity index (χ3n) is 3.75. The maximum atomic E-state index is 14.7. The number of hydrogen-bond acceptors (Lipinski definition) is 5. The molecule has 28 heavy (non-hydrogen) atoms. The van der Waals surface area contributed by atoms with Crippen molar-refractivity contribution in [3.05, 3.63) is 69.3 Å². The summed E-state index contributed by atoms with van der Waals surface area (Å²) in [4.78, 5) is 33.8. The van der Waals surface area contributed by atoms with Crippen LogP contribution in [0, 0.1) is 21.7 Å². The zero-order chi connectivity index (χ0) is 20.8. The van der Waals surface area contributed by atoms with Crippen LogP contribution in [0.2, 0.25) is 0 Å². The fourth-order valence-corrected chi connectivity index (χ4v) is 2.45. The number of nitro benzene ring substituents is 1. The van der Waals surface area contributed by atoms with E-state index in [1.807, 2.05) is 0 Å². The van der Waals surface area contributed by atoms with Crippen LogP contribution in [0.4, 0.5) is 24.6 Å². The van der Waals surface area contributed by atoms with Crippen LogP contribution >= 0.6 is 0 Å². The van der Waals surface area contributed by atoms with Crippen LogP contribution in [0.15, 0.2) is 36.4 Å². The average Bonchev–Trinajstić information content (AvgIpc) is 2.64. The van der Waals surface area contributed by atoms with Gasteiger partial charge in [0.1, 0.15) is 11.5 Å². The number of halogens is 3. The average molecular weight is 396 g/mol. The molecule has 0 unspecified atom stereocenters. The molecule has 0 saturated heterocycles. The minimum atomic E-state index is -1.45. The number of carbonyl (C=O) groups excluding carboxylic acids is 2. The van der Waals surface area contributed by atoms with Crippen LogP contribution in [0.1, 0.15) is 18.1 Å². The number of nitro groups is 1. The summed E-state index contributed by atoms with van der Waals surface area (Å²) < 4.78 is 47.4. The summed E-state index contributed by atoms with van der Waals surface area (Å²) in [5, 5.41) is 10.5. The Kier molecular flexibility index (Phi) is 6.69. The molecule has 0 heterocycles. The van der Waals surface area contributed by atoms with E-state index >= 15 is 0 Å². The van der Waals surface area contributed by atoms with Gasteiger partial charge in [0.05, 0.1) is 29.9 Å². The maximum absolute atomic E-state index is 14.7. The standard InChI is InChI=1S/C18H15F3N2O5/c1-2-28-17(25)10-12-14(23(26)27)7-8-15(18(12)20)22(21)16(24)9-11-5-3-4-6-13(11)19/h3-8H,2,9-10H2,1H3. The summed E-state index contributed by atoms with van der Waals surface area (Å²) in [6.07, 6.45) is -1.52. The molecule has 0 radical (unpaired) electrons. The molecule has 1 amide bonds. The van der Waals surface area contributed by atoms with Crippen LogP contribution in [-0.2, 0) is 27.2 Å². The first-order valence-electron chi connectivity index (χ1n) is 8.09. The van der Waals surface area contributed by atoms with Gasteiger partial charge in [-0.3, -0.25) is 19.7 Å². The Hall–Kier alpha value is -3.43. The quantitative estimate of drug-likeness (QED) is 0.310. The Morgan fingerprint density at radius 2 is 1.82 bits per heavy atom. The summed E-state index contributed by atoms with van der Waals surface area (Å²) in [5.41, 5.74) is -2.51. The molecule has 0 bridgehead atoms. The fourth-order valence-electron chi connectivity index (χ4n) is 2.45. The van der Waals surface area contributed by atoms with E-state index in [2.05, 4.69) is 4.74 Å². The number of hydrogen-bond donors (Lipinski definition) is 0. The molecule has 0 fully saturated rings. The third kappa shape index (κ3) is 4.64. The van der Waals surface area contributed by atoms with E-state index in [1.165, 1.54) is 25.1 Å². The monoisotopic (exact) mass is 396 g/mol. The third-order valence-corrected chi connectivity index (χ3v) is 3.75. The molecule has 0 aromatic heterocycles. The van der Waals surface area contributed by atoms with Gasteiger partial charge in [0.25, 0.3) is 11.6 Å². The van der Waals surface area contributed by atoms with Crippen LogP contribution in [0.5, 0.6) is 0 Å². The molecule has 0 spiro atoms. The largest absolute Gasteiger partial charge is 0.466 e. The minimum Gasteiger partial charge on any atom is -0.466 e. The van der Waals surface area contributed by atoms with Crippen molar-refractivity contribution >= 4 is 23.3 Å². The molecule has 0 aliphatic heterocycles. The van der Waals surface area contributed by atoms with Gasteiger partial charge in [0, 0.05) is 6.07 Å². The molecule has 2 aromatic rings. The van der Waals surface area contributed by atoms with E-state index in [4.69, 9.17) is 0 Å². The van der Waals surface area contributed by atoms with E-state index in [0.29, 0.717) is 6.07 Å². The Bertz CT molecular complexity index is 920. The molecule has 0 aliphatic rings. The zero-order valence-electron chi connectivity index (χ0n) is 14.7. The predicted octanol–water partition coefficient (Wildman–Crippen LogP) is 3.44. The van der Waals surface area contributed by atoms with Crippen molar-refractivity contribution in [1.82, 2.24) is 0 Å². The molecular weight excluding hydrogens is 381 g/mol. The van der Waals surface area contributed by atoms with Gasteiger partial charge in [-0.15, -0.1) is 5.12 Å². The van der Waals surface area contributed by atoms with E-state index in [-0.39, 0.29) is 12.2 Å². The van der Waals surface area contributed by atoms with Crippen molar-refractivity contribution in [1.29, 1.82) is 0 Å². The topological polar surface area (TPSA) is 89.8 Å². The summed E-state index contributed by atoms with van der Waals surface area (Å²) >= 11 is 0. The van der Waals surface area contributed by atoms with Crippen LogP contribution in [-0.4, -0.2) is 23.4 Å².